The SMILES string of the molecule is CC1CCCN(F)C1.Cl. The molecule has 1 atom stereocenters. The van der Waals surface area contributed by atoms with Crippen LogP contribution in [-0.2, 0) is 0 Å². The first kappa shape index (κ1) is 9.18. The van der Waals surface area contributed by atoms with Crippen molar-refractivity contribution in [1.29, 1.82) is 0 Å². The Bertz CT molecular complexity index is 71.5. The van der Waals surface area contributed by atoms with Crippen LogP contribution in [-0.4, -0.2) is 18.2 Å². The molecule has 0 amide bonds. The Morgan fingerprint density at radius 3 is 2.56 bits per heavy atom. The topological polar surface area (TPSA) is 3.24 Å². The van der Waals surface area contributed by atoms with Gasteiger partial charge in [-0.1, -0.05) is 6.92 Å². The van der Waals surface area contributed by atoms with Crippen molar-refractivity contribution in [3.05, 3.63) is 0 Å². The molecule has 1 heterocycles. The fraction of sp³-hybridized carbons (Fsp3) is 1.00. The zero-order valence-electron chi connectivity index (χ0n) is 5.64. The van der Waals surface area contributed by atoms with Gasteiger partial charge in [0.2, 0.25) is 0 Å². The number of rotatable bonds is 0. The molecule has 1 fully saturated rings. The highest BCUT2D eigenvalue weighted by Crippen LogP contribution is 2.14. The lowest BCUT2D eigenvalue weighted by Crippen LogP contribution is -2.27. The molecule has 1 saturated heterocycles. The standard InChI is InChI=1S/C6H12FN.ClH/c1-6-3-2-4-8(7)5-6;/h6H,2-5H2,1H3;1H. The molecule has 0 N–H and O–H groups in total. The van der Waals surface area contributed by atoms with E-state index >= 15 is 0 Å². The van der Waals surface area contributed by atoms with Crippen LogP contribution in [0.2, 0.25) is 0 Å². The summed E-state index contributed by atoms with van der Waals surface area (Å²) in [7, 11) is 0. The fourth-order valence-corrected chi connectivity index (χ4v) is 1.13. The van der Waals surface area contributed by atoms with E-state index in [0.717, 1.165) is 11.5 Å². The van der Waals surface area contributed by atoms with Crippen LogP contribution in [0.25, 0.3) is 0 Å². The summed E-state index contributed by atoms with van der Waals surface area (Å²) in [6.45, 7) is 3.37. The zero-order valence-corrected chi connectivity index (χ0v) is 6.46. The molecule has 1 unspecified atom stereocenters. The maximum absolute atomic E-state index is 12.3. The smallest absolute Gasteiger partial charge is 0.0316 e. The summed E-state index contributed by atoms with van der Waals surface area (Å²) >= 11 is 0. The van der Waals surface area contributed by atoms with Crippen LogP contribution in [0, 0.1) is 5.92 Å². The largest absolute Gasteiger partial charge is 0.147 e. The average molecular weight is 154 g/mol. The number of hydrogen-bond donors (Lipinski definition) is 0. The lowest BCUT2D eigenvalue weighted by atomic mass is 10.0. The van der Waals surface area contributed by atoms with Gasteiger partial charge in [-0.2, -0.15) is 0 Å². The minimum Gasteiger partial charge on any atom is -0.147 e. The molecule has 0 bridgehead atoms. The highest BCUT2D eigenvalue weighted by molar-refractivity contribution is 5.85. The minimum atomic E-state index is 0. The maximum atomic E-state index is 12.3. The first-order valence-corrected chi connectivity index (χ1v) is 3.20. The predicted molar refractivity (Wildman–Crippen MR) is 38.3 cm³/mol. The van der Waals surface area contributed by atoms with Crippen LogP contribution in [0.3, 0.4) is 0 Å². The quantitative estimate of drug-likeness (QED) is 0.482. The maximum Gasteiger partial charge on any atom is 0.0316 e. The Hall–Kier alpha value is 0.180. The molecule has 1 aliphatic rings. The lowest BCUT2D eigenvalue weighted by molar-refractivity contribution is -0.0125. The van der Waals surface area contributed by atoms with E-state index in [1.807, 2.05) is 0 Å². The monoisotopic (exact) mass is 153 g/mol. The van der Waals surface area contributed by atoms with Gasteiger partial charge in [0.05, 0.1) is 0 Å². The molecule has 1 aliphatic heterocycles. The van der Waals surface area contributed by atoms with Gasteiger partial charge in [0.15, 0.2) is 0 Å². The van der Waals surface area contributed by atoms with E-state index in [1.165, 1.54) is 6.42 Å². The van der Waals surface area contributed by atoms with Gasteiger partial charge in [-0.25, -0.2) is 0 Å². The highest BCUT2D eigenvalue weighted by Gasteiger charge is 2.14. The summed E-state index contributed by atoms with van der Waals surface area (Å²) in [6, 6.07) is 0. The van der Waals surface area contributed by atoms with Crippen molar-refractivity contribution in [2.45, 2.75) is 19.8 Å². The van der Waals surface area contributed by atoms with Crippen LogP contribution < -0.4 is 0 Å². The molecule has 0 saturated carbocycles. The van der Waals surface area contributed by atoms with Gasteiger partial charge in [0.1, 0.15) is 0 Å². The van der Waals surface area contributed by atoms with E-state index in [1.54, 1.807) is 0 Å². The summed E-state index contributed by atoms with van der Waals surface area (Å²) in [5, 5.41) is 0.911. The van der Waals surface area contributed by atoms with Crippen LogP contribution in [0.4, 0.5) is 4.48 Å². The van der Waals surface area contributed by atoms with Crippen LogP contribution >= 0.6 is 12.4 Å². The third kappa shape index (κ3) is 3.01. The second-order valence-corrected chi connectivity index (χ2v) is 2.62. The highest BCUT2D eigenvalue weighted by atomic mass is 35.5. The molecular weight excluding hydrogens is 141 g/mol. The van der Waals surface area contributed by atoms with E-state index in [2.05, 4.69) is 6.92 Å². The van der Waals surface area contributed by atoms with Crippen LogP contribution in [0.1, 0.15) is 19.8 Å². The summed E-state index contributed by atoms with van der Waals surface area (Å²) in [5.41, 5.74) is 0. The van der Waals surface area contributed by atoms with E-state index in [0.29, 0.717) is 19.0 Å². The van der Waals surface area contributed by atoms with Crippen molar-refractivity contribution < 1.29 is 4.48 Å². The molecule has 0 aliphatic carbocycles. The molecule has 1 rings (SSSR count). The van der Waals surface area contributed by atoms with Crippen molar-refractivity contribution in [1.82, 2.24) is 5.12 Å². The number of nitrogens with zero attached hydrogens (tertiary/aromatic N) is 1. The summed E-state index contributed by atoms with van der Waals surface area (Å²) in [4.78, 5) is 0. The Kier molecular flexibility index (Phi) is 4.15. The molecule has 0 radical (unpaired) electrons. The van der Waals surface area contributed by atoms with E-state index in [9.17, 15) is 4.48 Å². The third-order valence-corrected chi connectivity index (χ3v) is 1.61. The summed E-state index contributed by atoms with van der Waals surface area (Å²) < 4.78 is 12.3. The molecule has 0 aromatic carbocycles. The average Bonchev–Trinajstić information content (AvgIpc) is 1.64. The minimum absolute atomic E-state index is 0. The van der Waals surface area contributed by atoms with E-state index < -0.39 is 0 Å². The number of piperidine rings is 1. The van der Waals surface area contributed by atoms with Gasteiger partial charge in [0, 0.05) is 13.1 Å². The van der Waals surface area contributed by atoms with Gasteiger partial charge in [-0.05, 0) is 18.8 Å². The second kappa shape index (κ2) is 4.07. The zero-order chi connectivity index (χ0) is 5.98. The fourth-order valence-electron chi connectivity index (χ4n) is 1.13. The molecular formula is C6H13ClFN. The molecule has 0 aromatic rings. The van der Waals surface area contributed by atoms with Crippen molar-refractivity contribution in [3.63, 3.8) is 0 Å². The summed E-state index contributed by atoms with van der Waals surface area (Å²) in [6.07, 6.45) is 2.22. The van der Waals surface area contributed by atoms with Gasteiger partial charge in [0.25, 0.3) is 0 Å². The normalized spacial score (nSPS) is 29.3. The van der Waals surface area contributed by atoms with Gasteiger partial charge >= 0.3 is 0 Å². The van der Waals surface area contributed by atoms with Crippen molar-refractivity contribution in [2.75, 3.05) is 13.1 Å². The van der Waals surface area contributed by atoms with Gasteiger partial charge in [-0.15, -0.1) is 22.0 Å². The Morgan fingerprint density at radius 2 is 2.22 bits per heavy atom. The van der Waals surface area contributed by atoms with E-state index in [-0.39, 0.29) is 12.4 Å². The second-order valence-electron chi connectivity index (χ2n) is 2.62. The molecule has 9 heavy (non-hydrogen) atoms. The van der Waals surface area contributed by atoms with E-state index in [4.69, 9.17) is 0 Å². The third-order valence-electron chi connectivity index (χ3n) is 1.61. The summed E-state index contributed by atoms with van der Waals surface area (Å²) in [5.74, 6) is 0.564. The first-order valence-electron chi connectivity index (χ1n) is 3.20. The number of hydrogen-bond acceptors (Lipinski definition) is 1. The Labute approximate surface area is 61.6 Å². The Balaban J connectivity index is 0.000000640. The van der Waals surface area contributed by atoms with Crippen LogP contribution in [0.15, 0.2) is 0 Å². The van der Waals surface area contributed by atoms with Crippen molar-refractivity contribution in [3.8, 4) is 0 Å². The van der Waals surface area contributed by atoms with Crippen LogP contribution in [0.5, 0.6) is 0 Å². The Morgan fingerprint density at radius 1 is 1.56 bits per heavy atom. The lowest BCUT2D eigenvalue weighted by Gasteiger charge is -2.22. The van der Waals surface area contributed by atoms with Crippen molar-refractivity contribution >= 4 is 12.4 Å². The van der Waals surface area contributed by atoms with Gasteiger partial charge < -0.3 is 0 Å². The molecule has 0 aromatic heterocycles. The number of halogens is 2. The van der Waals surface area contributed by atoms with Gasteiger partial charge in [-0.3, -0.25) is 0 Å². The molecule has 3 heteroatoms. The molecule has 56 valence electrons. The molecule has 0 spiro atoms. The van der Waals surface area contributed by atoms with Crippen molar-refractivity contribution in [2.24, 2.45) is 5.92 Å². The first-order chi connectivity index (χ1) is 3.79. The predicted octanol–water partition coefficient (Wildman–Crippen LogP) is 2.02. The molecule has 1 nitrogen and oxygen atoms in total.